The molecule has 1 heterocycles. The molecule has 4 aliphatic carbocycles. The number of benzene rings is 1. The van der Waals surface area contributed by atoms with Gasteiger partial charge in [-0.15, -0.1) is 0 Å². The lowest BCUT2D eigenvalue weighted by atomic mass is 9.54. The minimum Gasteiger partial charge on any atom is -0.357 e. The van der Waals surface area contributed by atoms with E-state index in [1.807, 2.05) is 0 Å². The Bertz CT molecular complexity index is 1010. The summed E-state index contributed by atoms with van der Waals surface area (Å²) in [6.45, 7) is 0. The topological polar surface area (TPSA) is 44.9 Å². The minimum atomic E-state index is -4.98. The summed E-state index contributed by atoms with van der Waals surface area (Å²) in [7, 11) is 0. The van der Waals surface area contributed by atoms with Crippen molar-refractivity contribution >= 4 is 5.91 Å². The normalized spacial score (nSPS) is 29.4. The quantitative estimate of drug-likeness (QED) is 0.525. The van der Waals surface area contributed by atoms with Crippen molar-refractivity contribution in [2.24, 2.45) is 23.7 Å². The number of aromatic nitrogens is 1. The molecule has 4 saturated carbocycles. The first-order valence-corrected chi connectivity index (χ1v) is 10.8. The molecule has 0 aliphatic heterocycles. The van der Waals surface area contributed by atoms with Crippen molar-refractivity contribution in [3.63, 3.8) is 0 Å². The first-order chi connectivity index (χ1) is 15.0. The van der Waals surface area contributed by atoms with E-state index >= 15 is 0 Å². The number of nitrogens with one attached hydrogen (secondary N) is 2. The van der Waals surface area contributed by atoms with Crippen LogP contribution in [0.25, 0.3) is 11.1 Å². The van der Waals surface area contributed by atoms with Crippen molar-refractivity contribution in [3.8, 4) is 11.1 Å². The number of carbonyl (C=O) groups is 1. The van der Waals surface area contributed by atoms with Crippen molar-refractivity contribution < 1.29 is 31.1 Å². The Hall–Kier alpha value is -2.45. The van der Waals surface area contributed by atoms with Gasteiger partial charge in [0, 0.05) is 17.8 Å². The maximum Gasteiger partial charge on any atom is 0.417 e. The molecule has 3 nitrogen and oxygen atoms in total. The van der Waals surface area contributed by atoms with Gasteiger partial charge in [-0.25, -0.2) is 0 Å². The monoisotopic (exact) mass is 456 g/mol. The van der Waals surface area contributed by atoms with Crippen LogP contribution in [0.15, 0.2) is 30.5 Å². The molecule has 0 atom stereocenters. The Morgan fingerprint density at radius 2 is 1.50 bits per heavy atom. The van der Waals surface area contributed by atoms with Crippen molar-refractivity contribution in [1.29, 1.82) is 0 Å². The number of alkyl halides is 6. The summed E-state index contributed by atoms with van der Waals surface area (Å²) in [6.07, 6.45) is -2.94. The van der Waals surface area contributed by atoms with Crippen LogP contribution >= 0.6 is 0 Å². The first-order valence-electron chi connectivity index (χ1n) is 10.8. The standard InChI is InChI=1S/C23H22F6N2O/c24-22(25,26)16-1-2-17(18(9-16)23(27,28)29)15-8-19(30-10-15)21(32)31-20-13-4-11-3-12(6-13)7-14(20)5-11/h1-2,8-14,20,30H,3-7H2,(H,31,32). The third-order valence-corrected chi connectivity index (χ3v) is 7.42. The lowest BCUT2D eigenvalue weighted by Crippen LogP contribution is -2.55. The highest BCUT2D eigenvalue weighted by atomic mass is 19.4. The lowest BCUT2D eigenvalue weighted by Gasteiger charge is -2.54. The highest BCUT2D eigenvalue weighted by molar-refractivity contribution is 5.94. The second kappa shape index (κ2) is 7.28. The van der Waals surface area contributed by atoms with Crippen LogP contribution in [0.4, 0.5) is 26.3 Å². The number of rotatable bonds is 3. The average molecular weight is 456 g/mol. The molecule has 4 aliphatic rings. The minimum absolute atomic E-state index is 0.0151. The van der Waals surface area contributed by atoms with Gasteiger partial charge in [-0.2, -0.15) is 26.3 Å². The second-order valence-electron chi connectivity index (χ2n) is 9.49. The van der Waals surface area contributed by atoms with Crippen LogP contribution in [-0.2, 0) is 12.4 Å². The molecule has 0 unspecified atom stereocenters. The van der Waals surface area contributed by atoms with Crippen molar-refractivity contribution in [3.05, 3.63) is 47.3 Å². The summed E-state index contributed by atoms with van der Waals surface area (Å²) in [4.78, 5) is 15.5. The molecule has 4 bridgehead atoms. The fourth-order valence-corrected chi connectivity index (χ4v) is 6.28. The van der Waals surface area contributed by atoms with Gasteiger partial charge in [-0.05, 0) is 79.5 Å². The van der Waals surface area contributed by atoms with Crippen LogP contribution in [0.5, 0.6) is 0 Å². The Morgan fingerprint density at radius 3 is 2.06 bits per heavy atom. The van der Waals surface area contributed by atoms with Crippen molar-refractivity contribution in [2.45, 2.75) is 50.5 Å². The summed E-state index contributed by atoms with van der Waals surface area (Å²) in [5.41, 5.74) is -3.05. The number of amides is 1. The van der Waals surface area contributed by atoms with Gasteiger partial charge in [0.25, 0.3) is 5.91 Å². The molecule has 2 N–H and O–H groups in total. The van der Waals surface area contributed by atoms with E-state index in [1.165, 1.54) is 18.7 Å². The molecule has 0 spiro atoms. The first kappa shape index (κ1) is 21.4. The van der Waals surface area contributed by atoms with E-state index in [4.69, 9.17) is 0 Å². The maximum absolute atomic E-state index is 13.5. The fraction of sp³-hybridized carbons (Fsp3) is 0.522. The van der Waals surface area contributed by atoms with Gasteiger partial charge in [0.05, 0.1) is 11.1 Å². The number of H-pyrrole nitrogens is 1. The van der Waals surface area contributed by atoms with E-state index in [0.29, 0.717) is 17.9 Å². The summed E-state index contributed by atoms with van der Waals surface area (Å²) in [6, 6.07) is 2.86. The Morgan fingerprint density at radius 1 is 0.875 bits per heavy atom. The summed E-state index contributed by atoms with van der Waals surface area (Å²) in [5.74, 6) is 1.97. The summed E-state index contributed by atoms with van der Waals surface area (Å²) in [5, 5.41) is 3.08. The molecule has 6 rings (SSSR count). The van der Waals surface area contributed by atoms with E-state index in [-0.39, 0.29) is 23.4 Å². The van der Waals surface area contributed by atoms with Gasteiger partial charge in [0.2, 0.25) is 0 Å². The smallest absolute Gasteiger partial charge is 0.357 e. The predicted molar refractivity (Wildman–Crippen MR) is 105 cm³/mol. The fourth-order valence-electron chi connectivity index (χ4n) is 6.28. The highest BCUT2D eigenvalue weighted by Gasteiger charge is 2.48. The van der Waals surface area contributed by atoms with Gasteiger partial charge in [0.15, 0.2) is 0 Å². The molecule has 1 amide bonds. The Balaban J connectivity index is 1.38. The second-order valence-corrected chi connectivity index (χ2v) is 9.49. The SMILES string of the molecule is O=C(NC1C2CC3CC(C2)CC1C3)c1cc(-c2ccc(C(F)(F)F)cc2C(F)(F)F)c[nH]1. The third-order valence-electron chi connectivity index (χ3n) is 7.42. The van der Waals surface area contributed by atoms with Crippen LogP contribution < -0.4 is 5.32 Å². The van der Waals surface area contributed by atoms with Gasteiger partial charge in [-0.1, -0.05) is 6.07 Å². The largest absolute Gasteiger partial charge is 0.417 e. The zero-order chi connectivity index (χ0) is 22.8. The molecule has 9 heteroatoms. The van der Waals surface area contributed by atoms with Crippen LogP contribution in [0.3, 0.4) is 0 Å². The molecule has 0 saturated heterocycles. The maximum atomic E-state index is 13.5. The molecule has 32 heavy (non-hydrogen) atoms. The van der Waals surface area contributed by atoms with Crippen LogP contribution in [-0.4, -0.2) is 16.9 Å². The van der Waals surface area contributed by atoms with E-state index in [1.54, 1.807) is 0 Å². The van der Waals surface area contributed by atoms with E-state index in [9.17, 15) is 31.1 Å². The number of carbonyl (C=O) groups excluding carboxylic acids is 1. The molecule has 4 fully saturated rings. The molecule has 1 aromatic heterocycles. The van der Waals surface area contributed by atoms with Crippen LogP contribution in [0, 0.1) is 23.7 Å². The molecule has 172 valence electrons. The Kier molecular flexibility index (Phi) is 4.87. The molecular formula is C23H22F6N2O. The number of hydrogen-bond donors (Lipinski definition) is 2. The zero-order valence-electron chi connectivity index (χ0n) is 17.0. The molecular weight excluding hydrogens is 434 g/mol. The molecule has 2 aromatic rings. The van der Waals surface area contributed by atoms with Gasteiger partial charge >= 0.3 is 12.4 Å². The lowest BCUT2D eigenvalue weighted by molar-refractivity contribution is -0.142. The van der Waals surface area contributed by atoms with E-state index in [2.05, 4.69) is 10.3 Å². The third kappa shape index (κ3) is 3.79. The van der Waals surface area contributed by atoms with Crippen LogP contribution in [0.2, 0.25) is 0 Å². The molecule has 1 aromatic carbocycles. The number of aromatic amines is 1. The van der Waals surface area contributed by atoms with Crippen LogP contribution in [0.1, 0.15) is 53.7 Å². The van der Waals surface area contributed by atoms with Gasteiger partial charge in [0.1, 0.15) is 5.69 Å². The zero-order valence-corrected chi connectivity index (χ0v) is 17.0. The highest BCUT2D eigenvalue weighted by Crippen LogP contribution is 2.53. The summed E-state index contributed by atoms with van der Waals surface area (Å²) >= 11 is 0. The number of hydrogen-bond acceptors (Lipinski definition) is 1. The average Bonchev–Trinajstić information content (AvgIpc) is 3.18. The van der Waals surface area contributed by atoms with Crippen molar-refractivity contribution in [2.75, 3.05) is 0 Å². The predicted octanol–water partition coefficient (Wildman–Crippen LogP) is 6.27. The van der Waals surface area contributed by atoms with Gasteiger partial charge < -0.3 is 10.3 Å². The van der Waals surface area contributed by atoms with Gasteiger partial charge in [-0.3, -0.25) is 4.79 Å². The Labute approximate surface area is 180 Å². The summed E-state index contributed by atoms with van der Waals surface area (Å²) < 4.78 is 79.2. The molecule has 0 radical (unpaired) electrons. The van der Waals surface area contributed by atoms with E-state index in [0.717, 1.165) is 43.6 Å². The number of halogens is 6. The van der Waals surface area contributed by atoms with E-state index < -0.39 is 35.0 Å². The van der Waals surface area contributed by atoms with Crippen molar-refractivity contribution in [1.82, 2.24) is 10.3 Å².